The first-order chi connectivity index (χ1) is 16.7. The number of amides is 2. The largest absolute Gasteiger partial charge is 0.387 e. The van der Waals surface area contributed by atoms with Crippen molar-refractivity contribution in [3.8, 4) is 0 Å². The number of ether oxygens (including phenoxy) is 1. The number of hydrogen-bond donors (Lipinski definition) is 5. The Bertz CT molecular complexity index is 1200. The summed E-state index contributed by atoms with van der Waals surface area (Å²) in [6.07, 6.45) is -0.364. The van der Waals surface area contributed by atoms with E-state index in [1.165, 1.54) is 17.2 Å². The van der Waals surface area contributed by atoms with E-state index in [0.717, 1.165) is 0 Å². The molecule has 1 saturated heterocycles. The number of carbonyl (C=O) groups is 1. The number of likely N-dealkylation sites (N-methyl/N-ethyl adjacent to an activating group) is 1. The molecule has 1 aliphatic heterocycles. The number of carbonyl (C=O) groups excluding carboxylic acids is 1. The molecule has 3 heterocycles. The van der Waals surface area contributed by atoms with Crippen LogP contribution in [-0.2, 0) is 4.74 Å². The van der Waals surface area contributed by atoms with Gasteiger partial charge < -0.3 is 36.2 Å². The van der Waals surface area contributed by atoms with Crippen molar-refractivity contribution >= 4 is 51.9 Å². The van der Waals surface area contributed by atoms with Crippen LogP contribution in [0.25, 0.3) is 11.2 Å². The topological polar surface area (TPSA) is 164 Å². The second-order valence-electron chi connectivity index (χ2n) is 8.25. The molecule has 0 bridgehead atoms. The standard InChI is InChI=1S/C21H26Cl2N8O4/c1-30(6-2-5-25-21(34)29-11-3-4-12(22)13(23)7-11)8-14-16(32)17(33)20(35-14)31-10-28-15-18(24)26-9-27-19(15)31/h3-4,7,9-10,14,16-17,20,32-33H,2,5-6,8H2,1H3,(H2,24,26,27)(H2,25,29,34)/t14-,16+,17-,20-/m1/s1. The van der Waals surface area contributed by atoms with Gasteiger partial charge in [0.15, 0.2) is 17.7 Å². The second-order valence-corrected chi connectivity index (χ2v) is 9.07. The number of nitrogen functional groups attached to an aromatic ring is 1. The van der Waals surface area contributed by atoms with Gasteiger partial charge in [-0.15, -0.1) is 0 Å². The normalized spacial score (nSPS) is 22.1. The summed E-state index contributed by atoms with van der Waals surface area (Å²) in [4.78, 5) is 26.3. The number of aromatic nitrogens is 4. The fourth-order valence-corrected chi connectivity index (χ4v) is 4.16. The summed E-state index contributed by atoms with van der Waals surface area (Å²) < 4.78 is 7.50. The van der Waals surface area contributed by atoms with E-state index in [9.17, 15) is 15.0 Å². The van der Waals surface area contributed by atoms with Crippen molar-refractivity contribution in [3.63, 3.8) is 0 Å². The monoisotopic (exact) mass is 524 g/mol. The summed E-state index contributed by atoms with van der Waals surface area (Å²) in [6, 6.07) is 4.47. The van der Waals surface area contributed by atoms with Gasteiger partial charge in [-0.25, -0.2) is 19.7 Å². The lowest BCUT2D eigenvalue weighted by atomic mass is 10.1. The fraction of sp³-hybridized carbons (Fsp3) is 0.429. The van der Waals surface area contributed by atoms with Crippen molar-refractivity contribution in [2.75, 3.05) is 37.7 Å². The molecular formula is C21H26Cl2N8O4. The van der Waals surface area contributed by atoms with Crippen LogP contribution in [0, 0.1) is 0 Å². The van der Waals surface area contributed by atoms with Gasteiger partial charge in [-0.1, -0.05) is 23.2 Å². The van der Waals surface area contributed by atoms with Gasteiger partial charge in [-0.05, 0) is 38.2 Å². The van der Waals surface area contributed by atoms with Crippen LogP contribution in [0.2, 0.25) is 10.0 Å². The fourth-order valence-electron chi connectivity index (χ4n) is 3.86. The molecule has 1 aromatic carbocycles. The van der Waals surface area contributed by atoms with Crippen LogP contribution in [0.5, 0.6) is 0 Å². The van der Waals surface area contributed by atoms with Crippen LogP contribution in [0.4, 0.5) is 16.3 Å². The number of aliphatic hydroxyl groups is 2. The molecule has 35 heavy (non-hydrogen) atoms. The Labute approximate surface area is 211 Å². The number of hydrogen-bond acceptors (Lipinski definition) is 9. The Balaban J connectivity index is 1.23. The number of imidazole rings is 1. The highest BCUT2D eigenvalue weighted by molar-refractivity contribution is 6.42. The van der Waals surface area contributed by atoms with Gasteiger partial charge in [-0.3, -0.25) is 4.57 Å². The maximum Gasteiger partial charge on any atom is 0.319 e. The second kappa shape index (κ2) is 10.9. The molecular weight excluding hydrogens is 499 g/mol. The molecule has 4 rings (SSSR count). The van der Waals surface area contributed by atoms with Gasteiger partial charge in [0.25, 0.3) is 0 Å². The smallest absolute Gasteiger partial charge is 0.319 e. The number of nitrogens with two attached hydrogens (primary N) is 1. The molecule has 0 aliphatic carbocycles. The first-order valence-corrected chi connectivity index (χ1v) is 11.6. The molecule has 2 amide bonds. The third-order valence-electron chi connectivity index (χ3n) is 5.67. The van der Waals surface area contributed by atoms with E-state index in [4.69, 9.17) is 33.7 Å². The minimum atomic E-state index is -1.17. The Morgan fingerprint density at radius 2 is 2.03 bits per heavy atom. The number of nitrogens with zero attached hydrogens (tertiary/aromatic N) is 5. The Morgan fingerprint density at radius 3 is 2.80 bits per heavy atom. The Morgan fingerprint density at radius 1 is 1.23 bits per heavy atom. The maximum absolute atomic E-state index is 12.1. The van der Waals surface area contributed by atoms with Gasteiger partial charge in [0, 0.05) is 18.8 Å². The number of rotatable bonds is 8. The molecule has 188 valence electrons. The number of benzene rings is 1. The number of fused-ring (bicyclic) bond motifs is 1. The molecule has 0 unspecified atom stereocenters. The summed E-state index contributed by atoms with van der Waals surface area (Å²) in [7, 11) is 1.87. The average molecular weight is 525 g/mol. The molecule has 2 aromatic heterocycles. The molecule has 3 aromatic rings. The summed E-state index contributed by atoms with van der Waals surface area (Å²) in [5.74, 6) is 0.220. The predicted molar refractivity (Wildman–Crippen MR) is 131 cm³/mol. The lowest BCUT2D eigenvalue weighted by Crippen LogP contribution is -2.39. The van der Waals surface area contributed by atoms with Gasteiger partial charge in [-0.2, -0.15) is 0 Å². The van der Waals surface area contributed by atoms with Crippen molar-refractivity contribution in [2.24, 2.45) is 0 Å². The van der Waals surface area contributed by atoms with E-state index in [2.05, 4.69) is 25.6 Å². The Kier molecular flexibility index (Phi) is 7.89. The zero-order valence-electron chi connectivity index (χ0n) is 18.8. The number of nitrogens with one attached hydrogen (secondary N) is 2. The molecule has 14 heteroatoms. The first-order valence-electron chi connectivity index (χ1n) is 10.9. The van der Waals surface area contributed by atoms with Crippen molar-refractivity contribution in [1.82, 2.24) is 29.7 Å². The van der Waals surface area contributed by atoms with Gasteiger partial charge in [0.05, 0.1) is 16.4 Å². The summed E-state index contributed by atoms with van der Waals surface area (Å²) in [5, 5.41) is 27.4. The van der Waals surface area contributed by atoms with Gasteiger partial charge >= 0.3 is 6.03 Å². The molecule has 12 nitrogen and oxygen atoms in total. The van der Waals surface area contributed by atoms with E-state index in [1.807, 2.05) is 11.9 Å². The number of halogens is 2. The zero-order chi connectivity index (χ0) is 25.1. The zero-order valence-corrected chi connectivity index (χ0v) is 20.3. The van der Waals surface area contributed by atoms with Gasteiger partial charge in [0.1, 0.15) is 30.2 Å². The van der Waals surface area contributed by atoms with Crippen LogP contribution in [0.1, 0.15) is 12.6 Å². The minimum Gasteiger partial charge on any atom is -0.387 e. The van der Waals surface area contributed by atoms with Crippen molar-refractivity contribution in [2.45, 2.75) is 31.0 Å². The molecule has 0 radical (unpaired) electrons. The van der Waals surface area contributed by atoms with E-state index in [0.29, 0.717) is 53.0 Å². The third kappa shape index (κ3) is 5.74. The lowest BCUT2D eigenvalue weighted by Gasteiger charge is -2.22. The molecule has 6 N–H and O–H groups in total. The molecule has 1 fully saturated rings. The van der Waals surface area contributed by atoms with Crippen LogP contribution in [0.3, 0.4) is 0 Å². The molecule has 1 aliphatic rings. The summed E-state index contributed by atoms with van der Waals surface area (Å²) >= 11 is 11.8. The third-order valence-corrected chi connectivity index (χ3v) is 6.41. The van der Waals surface area contributed by atoms with Crippen molar-refractivity contribution in [1.29, 1.82) is 0 Å². The Hall–Kier alpha value is -2.74. The van der Waals surface area contributed by atoms with Crippen LogP contribution in [0.15, 0.2) is 30.9 Å². The SMILES string of the molecule is CN(CCCNC(=O)Nc1ccc(Cl)c(Cl)c1)C[C@H]1O[C@@H](n2cnc3c(N)ncnc32)[C@H](O)[C@H]1O. The average Bonchev–Trinajstić information content (AvgIpc) is 3.37. The first kappa shape index (κ1) is 25.4. The van der Waals surface area contributed by atoms with Crippen molar-refractivity contribution < 1.29 is 19.7 Å². The predicted octanol–water partition coefficient (Wildman–Crippen LogP) is 1.48. The highest BCUT2D eigenvalue weighted by Gasteiger charge is 2.44. The summed E-state index contributed by atoms with van der Waals surface area (Å²) in [6.45, 7) is 1.42. The lowest BCUT2D eigenvalue weighted by molar-refractivity contribution is -0.0421. The van der Waals surface area contributed by atoms with Crippen LogP contribution in [-0.4, -0.2) is 85.7 Å². The van der Waals surface area contributed by atoms with E-state index in [-0.39, 0.29) is 11.8 Å². The van der Waals surface area contributed by atoms with Crippen LogP contribution >= 0.6 is 23.2 Å². The molecule has 0 saturated carbocycles. The van der Waals surface area contributed by atoms with E-state index in [1.54, 1.807) is 18.2 Å². The number of anilines is 2. The summed E-state index contributed by atoms with van der Waals surface area (Å²) in [5.41, 5.74) is 7.17. The van der Waals surface area contributed by atoms with Crippen LogP contribution < -0.4 is 16.4 Å². The van der Waals surface area contributed by atoms with E-state index < -0.39 is 24.5 Å². The highest BCUT2D eigenvalue weighted by atomic mass is 35.5. The number of urea groups is 1. The molecule has 4 atom stereocenters. The van der Waals surface area contributed by atoms with Gasteiger partial charge in [0.2, 0.25) is 0 Å². The highest BCUT2D eigenvalue weighted by Crippen LogP contribution is 2.32. The molecule has 0 spiro atoms. The number of aliphatic hydroxyl groups excluding tert-OH is 2. The van der Waals surface area contributed by atoms with Crippen molar-refractivity contribution in [3.05, 3.63) is 40.9 Å². The maximum atomic E-state index is 12.1. The quantitative estimate of drug-likeness (QED) is 0.274. The van der Waals surface area contributed by atoms with E-state index >= 15 is 0 Å². The minimum absolute atomic E-state index is 0.220.